The molecule has 32 heavy (non-hydrogen) atoms. The van der Waals surface area contributed by atoms with Gasteiger partial charge in [-0.15, -0.1) is 0 Å². The standard InChI is InChI=1S/C20H23ClFN3O3.C2H4O2/c1-3-6-15(19(27)24-13(2)18(26)11-22)16-9-10-23-25(20(16)28)12-14-7-4-5-8-17(14)21;1-2(3)4/h4-5,7-10,13,15H,3,6,11-12H2,1-2H3,(H,24,27);1H3,(H,3,4). The Balaban J connectivity index is 0.00000118. The largest absolute Gasteiger partial charge is 0.481 e. The maximum absolute atomic E-state index is 12.9. The Hall–Kier alpha value is -3.07. The summed E-state index contributed by atoms with van der Waals surface area (Å²) in [5.74, 6) is -2.79. The minimum absolute atomic E-state index is 0.170. The fraction of sp³-hybridized carbons (Fsp3) is 0.409. The number of alkyl halides is 1. The second kappa shape index (κ2) is 13.4. The number of halogens is 2. The topological polar surface area (TPSA) is 118 Å². The molecule has 8 nitrogen and oxygen atoms in total. The van der Waals surface area contributed by atoms with E-state index in [0.29, 0.717) is 17.9 Å². The summed E-state index contributed by atoms with van der Waals surface area (Å²) in [4.78, 5) is 46.0. The first-order chi connectivity index (χ1) is 15.1. The molecule has 0 aliphatic carbocycles. The average Bonchev–Trinajstić information content (AvgIpc) is 2.74. The summed E-state index contributed by atoms with van der Waals surface area (Å²) in [5, 5.41) is 14.5. The number of Topliss-reactive ketones (excluding diaryl/α,β-unsaturated/α-hetero) is 1. The molecular weight excluding hydrogens is 441 g/mol. The highest BCUT2D eigenvalue weighted by molar-refractivity contribution is 6.31. The van der Waals surface area contributed by atoms with E-state index in [0.717, 1.165) is 12.5 Å². The van der Waals surface area contributed by atoms with E-state index >= 15 is 0 Å². The van der Waals surface area contributed by atoms with Crippen LogP contribution in [0.25, 0.3) is 0 Å². The van der Waals surface area contributed by atoms with Crippen LogP contribution in [0.2, 0.25) is 5.02 Å². The van der Waals surface area contributed by atoms with Crippen molar-refractivity contribution in [1.82, 2.24) is 15.1 Å². The average molecular weight is 468 g/mol. The molecule has 1 aromatic heterocycles. The Bertz CT molecular complexity index is 992. The van der Waals surface area contributed by atoms with E-state index in [4.69, 9.17) is 21.5 Å². The molecule has 0 spiro atoms. The summed E-state index contributed by atoms with van der Waals surface area (Å²) in [5.41, 5.74) is 0.608. The number of carboxylic acid groups (broad SMARTS) is 1. The van der Waals surface area contributed by atoms with Crippen molar-refractivity contribution in [2.24, 2.45) is 0 Å². The molecule has 2 atom stereocenters. The number of amides is 1. The Morgan fingerprint density at radius 2 is 1.88 bits per heavy atom. The smallest absolute Gasteiger partial charge is 0.300 e. The minimum Gasteiger partial charge on any atom is -0.481 e. The fourth-order valence-electron chi connectivity index (χ4n) is 2.86. The van der Waals surface area contributed by atoms with Crippen molar-refractivity contribution >= 4 is 29.3 Å². The third kappa shape index (κ3) is 8.22. The lowest BCUT2D eigenvalue weighted by atomic mass is 9.94. The molecule has 2 rings (SSSR count). The summed E-state index contributed by atoms with van der Waals surface area (Å²) in [7, 11) is 0. The van der Waals surface area contributed by atoms with E-state index in [-0.39, 0.29) is 12.1 Å². The van der Waals surface area contributed by atoms with Gasteiger partial charge in [0.15, 0.2) is 5.78 Å². The van der Waals surface area contributed by atoms with Crippen LogP contribution >= 0.6 is 11.6 Å². The van der Waals surface area contributed by atoms with Crippen LogP contribution < -0.4 is 10.9 Å². The Kier molecular flexibility index (Phi) is 11.3. The van der Waals surface area contributed by atoms with Gasteiger partial charge in [0.05, 0.1) is 18.5 Å². The van der Waals surface area contributed by atoms with Crippen LogP contribution in [-0.4, -0.2) is 45.3 Å². The molecule has 1 amide bonds. The summed E-state index contributed by atoms with van der Waals surface area (Å²) < 4.78 is 13.8. The number of carboxylic acids is 1. The third-order valence-corrected chi connectivity index (χ3v) is 4.83. The van der Waals surface area contributed by atoms with E-state index in [9.17, 15) is 18.8 Å². The van der Waals surface area contributed by atoms with Crippen LogP contribution in [0.5, 0.6) is 0 Å². The van der Waals surface area contributed by atoms with Gasteiger partial charge in [-0.25, -0.2) is 9.07 Å². The normalized spacial score (nSPS) is 12.2. The molecule has 0 radical (unpaired) electrons. The summed E-state index contributed by atoms with van der Waals surface area (Å²) in [6.07, 6.45) is 2.52. The zero-order chi connectivity index (χ0) is 24.3. The molecular formula is C22H27ClFN3O5. The van der Waals surface area contributed by atoms with Crippen molar-refractivity contribution in [3.8, 4) is 0 Å². The van der Waals surface area contributed by atoms with Gasteiger partial charge in [0.2, 0.25) is 5.91 Å². The first-order valence-corrected chi connectivity index (χ1v) is 10.4. The highest BCUT2D eigenvalue weighted by atomic mass is 35.5. The van der Waals surface area contributed by atoms with Gasteiger partial charge in [-0.1, -0.05) is 43.1 Å². The highest BCUT2D eigenvalue weighted by Gasteiger charge is 2.26. The Morgan fingerprint density at radius 1 is 1.25 bits per heavy atom. The zero-order valence-corrected chi connectivity index (χ0v) is 18.9. The van der Waals surface area contributed by atoms with Crippen LogP contribution in [0.4, 0.5) is 4.39 Å². The van der Waals surface area contributed by atoms with Gasteiger partial charge in [-0.2, -0.15) is 5.10 Å². The van der Waals surface area contributed by atoms with Crippen molar-refractivity contribution in [2.75, 3.05) is 6.67 Å². The molecule has 174 valence electrons. The van der Waals surface area contributed by atoms with Gasteiger partial charge in [0, 0.05) is 23.7 Å². The number of nitrogens with one attached hydrogen (secondary N) is 1. The van der Waals surface area contributed by atoms with Crippen LogP contribution in [0.1, 0.15) is 50.7 Å². The van der Waals surface area contributed by atoms with Crippen molar-refractivity contribution in [3.63, 3.8) is 0 Å². The number of hydrogen-bond donors (Lipinski definition) is 2. The first-order valence-electron chi connectivity index (χ1n) is 10.00. The lowest BCUT2D eigenvalue weighted by Crippen LogP contribution is -2.43. The molecule has 0 saturated carbocycles. The quantitative estimate of drug-likeness (QED) is 0.585. The van der Waals surface area contributed by atoms with Crippen LogP contribution in [0.3, 0.4) is 0 Å². The molecule has 2 aromatic rings. The van der Waals surface area contributed by atoms with E-state index < -0.39 is 41.9 Å². The van der Waals surface area contributed by atoms with Crippen LogP contribution in [0.15, 0.2) is 41.3 Å². The fourth-order valence-corrected chi connectivity index (χ4v) is 3.05. The molecule has 2 unspecified atom stereocenters. The van der Waals surface area contributed by atoms with Gasteiger partial charge in [-0.3, -0.25) is 19.2 Å². The molecule has 1 aromatic carbocycles. The van der Waals surface area contributed by atoms with E-state index in [1.54, 1.807) is 18.2 Å². The van der Waals surface area contributed by atoms with Crippen molar-refractivity contribution in [1.29, 1.82) is 0 Å². The first kappa shape index (κ1) is 27.0. The predicted molar refractivity (Wildman–Crippen MR) is 119 cm³/mol. The third-order valence-electron chi connectivity index (χ3n) is 4.46. The number of hydrogen-bond acceptors (Lipinski definition) is 5. The lowest BCUT2D eigenvalue weighted by Gasteiger charge is -2.19. The SMILES string of the molecule is CC(=O)O.CCCC(C(=O)NC(C)C(=O)CF)c1ccnn(Cc2ccccc2Cl)c1=O. The minimum atomic E-state index is -1.15. The number of benzene rings is 1. The molecule has 0 aliphatic heterocycles. The zero-order valence-electron chi connectivity index (χ0n) is 18.2. The second-order valence-electron chi connectivity index (χ2n) is 7.03. The number of rotatable bonds is 9. The molecule has 10 heteroatoms. The highest BCUT2D eigenvalue weighted by Crippen LogP contribution is 2.19. The maximum Gasteiger partial charge on any atom is 0.300 e. The summed E-state index contributed by atoms with van der Waals surface area (Å²) in [6, 6.07) is 7.68. The number of carbonyl (C=O) groups is 3. The lowest BCUT2D eigenvalue weighted by molar-refractivity contribution is -0.134. The summed E-state index contributed by atoms with van der Waals surface area (Å²) >= 11 is 6.16. The Morgan fingerprint density at radius 3 is 2.44 bits per heavy atom. The molecule has 0 aliphatic rings. The van der Waals surface area contributed by atoms with Gasteiger partial charge >= 0.3 is 0 Å². The van der Waals surface area contributed by atoms with E-state index in [1.807, 2.05) is 13.0 Å². The van der Waals surface area contributed by atoms with Crippen molar-refractivity contribution in [3.05, 3.63) is 63.0 Å². The number of aromatic nitrogens is 2. The monoisotopic (exact) mass is 467 g/mol. The Labute approximate surface area is 190 Å². The van der Waals surface area contributed by atoms with Gasteiger partial charge < -0.3 is 10.4 Å². The predicted octanol–water partition coefficient (Wildman–Crippen LogP) is 2.96. The molecule has 0 bridgehead atoms. The molecule has 2 N–H and O–H groups in total. The second-order valence-corrected chi connectivity index (χ2v) is 7.44. The van der Waals surface area contributed by atoms with Gasteiger partial charge in [0.1, 0.15) is 6.67 Å². The van der Waals surface area contributed by atoms with Crippen molar-refractivity contribution in [2.45, 2.75) is 52.1 Å². The van der Waals surface area contributed by atoms with Crippen LogP contribution in [-0.2, 0) is 20.9 Å². The van der Waals surface area contributed by atoms with E-state index in [2.05, 4.69) is 10.4 Å². The number of ketones is 1. The summed E-state index contributed by atoms with van der Waals surface area (Å²) in [6.45, 7) is 3.41. The molecule has 0 saturated heterocycles. The maximum atomic E-state index is 12.9. The van der Waals surface area contributed by atoms with Gasteiger partial charge in [-0.05, 0) is 31.0 Å². The molecule has 1 heterocycles. The number of nitrogens with zero attached hydrogens (tertiary/aromatic N) is 2. The van der Waals surface area contributed by atoms with Gasteiger partial charge in [0.25, 0.3) is 11.5 Å². The van der Waals surface area contributed by atoms with Crippen molar-refractivity contribution < 1.29 is 23.9 Å². The molecule has 0 fully saturated rings. The number of aliphatic carboxylic acids is 1. The van der Waals surface area contributed by atoms with E-state index in [1.165, 1.54) is 23.9 Å². The van der Waals surface area contributed by atoms with Crippen LogP contribution in [0, 0.1) is 0 Å². The number of carbonyl (C=O) groups excluding carboxylic acids is 2.